The van der Waals surface area contributed by atoms with Crippen LogP contribution in [0, 0.1) is 0 Å². The molecule has 2 aromatic rings. The van der Waals surface area contributed by atoms with Crippen molar-refractivity contribution in [2.45, 2.75) is 26.5 Å². The molecule has 0 aliphatic heterocycles. The highest BCUT2D eigenvalue weighted by molar-refractivity contribution is 5.93. The van der Waals surface area contributed by atoms with Crippen molar-refractivity contribution < 1.29 is 14.3 Å². The van der Waals surface area contributed by atoms with Crippen LogP contribution in [0.4, 0.5) is 5.69 Å². The lowest BCUT2D eigenvalue weighted by Crippen LogP contribution is -2.07. The van der Waals surface area contributed by atoms with E-state index in [4.69, 9.17) is 15.2 Å². The molecule has 0 amide bonds. The number of ether oxygens (including phenoxy) is 2. The van der Waals surface area contributed by atoms with Crippen LogP contribution in [0.5, 0.6) is 5.75 Å². The van der Waals surface area contributed by atoms with Gasteiger partial charge in [-0.3, -0.25) is 4.68 Å². The molecule has 1 aromatic heterocycles. The molecule has 6 nitrogen and oxygen atoms in total. The minimum atomic E-state index is -0.481. The quantitative estimate of drug-likeness (QED) is 0.675. The van der Waals surface area contributed by atoms with Crippen molar-refractivity contribution in [2.24, 2.45) is 0 Å². The van der Waals surface area contributed by atoms with Crippen LogP contribution in [0.1, 0.15) is 35.9 Å². The predicted molar refractivity (Wildman–Crippen MR) is 79.1 cm³/mol. The molecule has 0 saturated heterocycles. The summed E-state index contributed by atoms with van der Waals surface area (Å²) in [5.41, 5.74) is 7.26. The van der Waals surface area contributed by atoms with Crippen LogP contribution in [0.2, 0.25) is 0 Å². The predicted octanol–water partition coefficient (Wildman–Crippen LogP) is 2.41. The van der Waals surface area contributed by atoms with Gasteiger partial charge in [0.15, 0.2) is 0 Å². The second-order valence-electron chi connectivity index (χ2n) is 4.92. The minimum Gasteiger partial charge on any atom is -0.486 e. The van der Waals surface area contributed by atoms with E-state index in [-0.39, 0.29) is 6.61 Å². The van der Waals surface area contributed by atoms with E-state index in [1.807, 2.05) is 30.8 Å². The molecule has 0 spiro atoms. The van der Waals surface area contributed by atoms with Gasteiger partial charge in [-0.05, 0) is 38.1 Å². The largest absolute Gasteiger partial charge is 0.486 e. The summed E-state index contributed by atoms with van der Waals surface area (Å²) in [5.74, 6) is -0.0554. The number of anilines is 1. The van der Waals surface area contributed by atoms with Crippen molar-refractivity contribution in [3.63, 3.8) is 0 Å². The summed E-state index contributed by atoms with van der Waals surface area (Å²) < 4.78 is 12.2. The van der Waals surface area contributed by atoms with Gasteiger partial charge in [0.1, 0.15) is 17.9 Å². The summed E-state index contributed by atoms with van der Waals surface area (Å²) in [6.45, 7) is 4.37. The molecule has 0 aliphatic rings. The zero-order chi connectivity index (χ0) is 15.4. The van der Waals surface area contributed by atoms with E-state index in [0.29, 0.717) is 23.0 Å². The average Bonchev–Trinajstić information content (AvgIpc) is 2.94. The third-order valence-electron chi connectivity index (χ3n) is 2.98. The Morgan fingerprint density at radius 1 is 1.38 bits per heavy atom. The van der Waals surface area contributed by atoms with Gasteiger partial charge in [0.2, 0.25) is 0 Å². The second kappa shape index (κ2) is 6.30. The zero-order valence-corrected chi connectivity index (χ0v) is 12.4. The SMILES string of the molecule is COC(=O)c1cc(N)ccc1OCc1ccn(C(C)C)n1. The summed E-state index contributed by atoms with van der Waals surface area (Å²) >= 11 is 0. The average molecular weight is 289 g/mol. The van der Waals surface area contributed by atoms with Gasteiger partial charge >= 0.3 is 5.97 Å². The van der Waals surface area contributed by atoms with Crippen molar-refractivity contribution in [3.8, 4) is 5.75 Å². The van der Waals surface area contributed by atoms with Crippen LogP contribution >= 0.6 is 0 Å². The Morgan fingerprint density at radius 3 is 2.76 bits per heavy atom. The van der Waals surface area contributed by atoms with Crippen LogP contribution in [0.15, 0.2) is 30.5 Å². The fourth-order valence-corrected chi connectivity index (χ4v) is 1.84. The smallest absolute Gasteiger partial charge is 0.341 e. The first kappa shape index (κ1) is 14.9. The Morgan fingerprint density at radius 2 is 2.14 bits per heavy atom. The highest BCUT2D eigenvalue weighted by Gasteiger charge is 2.14. The number of nitrogens with zero attached hydrogens (tertiary/aromatic N) is 2. The molecular formula is C15H19N3O3. The van der Waals surface area contributed by atoms with Crippen LogP contribution < -0.4 is 10.5 Å². The van der Waals surface area contributed by atoms with Crippen molar-refractivity contribution in [3.05, 3.63) is 41.7 Å². The number of nitrogens with two attached hydrogens (primary N) is 1. The van der Waals surface area contributed by atoms with E-state index in [2.05, 4.69) is 5.10 Å². The maximum Gasteiger partial charge on any atom is 0.341 e. The lowest BCUT2D eigenvalue weighted by Gasteiger charge is -2.10. The first-order valence-corrected chi connectivity index (χ1v) is 6.66. The lowest BCUT2D eigenvalue weighted by molar-refractivity contribution is 0.0595. The molecule has 2 rings (SSSR count). The highest BCUT2D eigenvalue weighted by Crippen LogP contribution is 2.23. The van der Waals surface area contributed by atoms with Gasteiger partial charge < -0.3 is 15.2 Å². The second-order valence-corrected chi connectivity index (χ2v) is 4.92. The summed E-state index contributed by atoms with van der Waals surface area (Å²) in [6, 6.07) is 7.04. The summed E-state index contributed by atoms with van der Waals surface area (Å²) in [5, 5.41) is 4.39. The summed E-state index contributed by atoms with van der Waals surface area (Å²) in [6.07, 6.45) is 1.90. The van der Waals surface area contributed by atoms with Gasteiger partial charge in [-0.15, -0.1) is 0 Å². The maximum atomic E-state index is 11.7. The van der Waals surface area contributed by atoms with E-state index in [9.17, 15) is 4.79 Å². The molecule has 0 aliphatic carbocycles. The monoisotopic (exact) mass is 289 g/mol. The Bertz CT molecular complexity index is 635. The normalized spacial score (nSPS) is 10.7. The van der Waals surface area contributed by atoms with E-state index in [0.717, 1.165) is 5.69 Å². The first-order chi connectivity index (χ1) is 10.0. The molecule has 0 fully saturated rings. The van der Waals surface area contributed by atoms with Crippen molar-refractivity contribution >= 4 is 11.7 Å². The van der Waals surface area contributed by atoms with Crippen molar-refractivity contribution in [1.82, 2.24) is 9.78 Å². The molecule has 1 heterocycles. The lowest BCUT2D eigenvalue weighted by atomic mass is 10.2. The molecule has 0 saturated carbocycles. The maximum absolute atomic E-state index is 11.7. The molecule has 1 aromatic carbocycles. The number of hydrogen-bond donors (Lipinski definition) is 1. The molecule has 0 radical (unpaired) electrons. The first-order valence-electron chi connectivity index (χ1n) is 6.66. The molecule has 6 heteroatoms. The molecule has 0 unspecified atom stereocenters. The van der Waals surface area contributed by atoms with Crippen LogP contribution in [0.25, 0.3) is 0 Å². The van der Waals surface area contributed by atoms with Crippen LogP contribution in [-0.4, -0.2) is 22.9 Å². The van der Waals surface area contributed by atoms with Gasteiger partial charge in [0.25, 0.3) is 0 Å². The van der Waals surface area contributed by atoms with Gasteiger partial charge in [-0.1, -0.05) is 0 Å². The van der Waals surface area contributed by atoms with E-state index in [1.54, 1.807) is 12.1 Å². The number of carbonyl (C=O) groups is 1. The van der Waals surface area contributed by atoms with Gasteiger partial charge in [-0.2, -0.15) is 5.10 Å². The van der Waals surface area contributed by atoms with Crippen molar-refractivity contribution in [2.75, 3.05) is 12.8 Å². The topological polar surface area (TPSA) is 79.4 Å². The molecule has 21 heavy (non-hydrogen) atoms. The Balaban J connectivity index is 2.13. The van der Waals surface area contributed by atoms with Crippen LogP contribution in [0.3, 0.4) is 0 Å². The van der Waals surface area contributed by atoms with Gasteiger partial charge in [-0.25, -0.2) is 4.79 Å². The minimum absolute atomic E-state index is 0.271. The molecule has 0 atom stereocenters. The standard InChI is InChI=1S/C15H19N3O3/c1-10(2)18-7-6-12(17-18)9-21-14-5-4-11(16)8-13(14)15(19)20-3/h4-8,10H,9,16H2,1-3H3. The fraction of sp³-hybridized carbons (Fsp3) is 0.333. The summed E-state index contributed by atoms with van der Waals surface area (Å²) in [7, 11) is 1.32. The number of benzene rings is 1. The number of rotatable bonds is 5. The summed E-state index contributed by atoms with van der Waals surface area (Å²) in [4.78, 5) is 11.7. The van der Waals surface area contributed by atoms with E-state index >= 15 is 0 Å². The van der Waals surface area contributed by atoms with Crippen molar-refractivity contribution in [1.29, 1.82) is 0 Å². The van der Waals surface area contributed by atoms with Gasteiger partial charge in [0, 0.05) is 17.9 Å². The molecule has 2 N–H and O–H groups in total. The number of aromatic nitrogens is 2. The van der Waals surface area contributed by atoms with E-state index < -0.39 is 5.97 Å². The number of esters is 1. The zero-order valence-electron chi connectivity index (χ0n) is 12.4. The third-order valence-corrected chi connectivity index (χ3v) is 2.98. The molecule has 112 valence electrons. The number of hydrogen-bond acceptors (Lipinski definition) is 5. The number of carbonyl (C=O) groups excluding carboxylic acids is 1. The molecule has 0 bridgehead atoms. The van der Waals surface area contributed by atoms with E-state index in [1.165, 1.54) is 13.2 Å². The van der Waals surface area contributed by atoms with Gasteiger partial charge in [0.05, 0.1) is 12.8 Å². The highest BCUT2D eigenvalue weighted by atomic mass is 16.5. The fourth-order valence-electron chi connectivity index (χ4n) is 1.84. The number of nitrogen functional groups attached to an aromatic ring is 1. The Labute approximate surface area is 123 Å². The number of methoxy groups -OCH3 is 1. The Hall–Kier alpha value is -2.50. The third kappa shape index (κ3) is 3.53. The Kier molecular flexibility index (Phi) is 4.47. The van der Waals surface area contributed by atoms with Crippen LogP contribution in [-0.2, 0) is 11.3 Å². The molecular weight excluding hydrogens is 270 g/mol.